The minimum atomic E-state index is 0.438. The van der Waals surface area contributed by atoms with Crippen LogP contribution in [0.2, 0.25) is 0 Å². The number of hydrogen-bond donors (Lipinski definition) is 1. The van der Waals surface area contributed by atoms with Gasteiger partial charge in [0.2, 0.25) is 0 Å². The Morgan fingerprint density at radius 2 is 2.25 bits per heavy atom. The molecule has 1 N–H and O–H groups in total. The predicted molar refractivity (Wildman–Crippen MR) is 74.5 cm³/mol. The first-order chi connectivity index (χ1) is 7.86. The molecule has 2 saturated heterocycles. The molecule has 0 bridgehead atoms. The van der Waals surface area contributed by atoms with Crippen LogP contribution in [-0.2, 0) is 0 Å². The fraction of sp³-hybridized carbons (Fsp3) is 0.917. The normalized spacial score (nSPS) is 35.0. The molecule has 0 amide bonds. The van der Waals surface area contributed by atoms with E-state index in [1.807, 2.05) is 11.8 Å². The van der Waals surface area contributed by atoms with Crippen LogP contribution >= 0.6 is 23.5 Å². The van der Waals surface area contributed by atoms with Crippen LogP contribution in [0.3, 0.4) is 0 Å². The molecular weight excluding hydrogens is 236 g/mol. The summed E-state index contributed by atoms with van der Waals surface area (Å²) >= 11 is 4.04. The van der Waals surface area contributed by atoms with Gasteiger partial charge in [-0.15, -0.1) is 0 Å². The van der Waals surface area contributed by atoms with Gasteiger partial charge < -0.3 is 5.32 Å². The summed E-state index contributed by atoms with van der Waals surface area (Å²) in [4.78, 5) is 4.78. The largest absolute Gasteiger partial charge is 0.359 e. The van der Waals surface area contributed by atoms with Gasteiger partial charge in [-0.25, -0.2) is 0 Å². The van der Waals surface area contributed by atoms with Crippen LogP contribution in [-0.4, -0.2) is 34.5 Å². The second-order valence-corrected chi connectivity index (χ2v) is 7.39. The summed E-state index contributed by atoms with van der Waals surface area (Å²) in [5.41, 5.74) is 0.438. The van der Waals surface area contributed by atoms with Crippen molar-refractivity contribution in [1.82, 2.24) is 5.32 Å². The molecule has 1 unspecified atom stereocenters. The fourth-order valence-corrected chi connectivity index (χ4v) is 5.35. The first kappa shape index (κ1) is 11.3. The van der Waals surface area contributed by atoms with Crippen molar-refractivity contribution in [2.45, 2.75) is 37.6 Å². The van der Waals surface area contributed by atoms with Crippen LogP contribution in [0.1, 0.15) is 32.1 Å². The van der Waals surface area contributed by atoms with E-state index in [9.17, 15) is 0 Å². The summed E-state index contributed by atoms with van der Waals surface area (Å²) in [7, 11) is 0. The van der Waals surface area contributed by atoms with E-state index >= 15 is 0 Å². The Morgan fingerprint density at radius 1 is 1.38 bits per heavy atom. The monoisotopic (exact) mass is 256 g/mol. The SMILES string of the molecule is C1CCC2(C1)CSC(=NCC1CCSC1)N2. The van der Waals surface area contributed by atoms with Gasteiger partial charge in [0.05, 0.1) is 0 Å². The molecule has 2 aliphatic heterocycles. The van der Waals surface area contributed by atoms with Gasteiger partial charge in [-0.2, -0.15) is 11.8 Å². The van der Waals surface area contributed by atoms with Crippen molar-refractivity contribution in [3.05, 3.63) is 0 Å². The summed E-state index contributed by atoms with van der Waals surface area (Å²) in [6.07, 6.45) is 6.90. The molecule has 4 heteroatoms. The van der Waals surface area contributed by atoms with E-state index in [0.717, 1.165) is 12.5 Å². The van der Waals surface area contributed by atoms with Gasteiger partial charge in [0.15, 0.2) is 5.17 Å². The number of aliphatic imine (C=N–C) groups is 1. The molecule has 3 aliphatic rings. The molecule has 0 aromatic rings. The molecule has 1 saturated carbocycles. The smallest absolute Gasteiger partial charge is 0.157 e. The maximum Gasteiger partial charge on any atom is 0.157 e. The van der Waals surface area contributed by atoms with Crippen molar-refractivity contribution in [3.8, 4) is 0 Å². The third-order valence-corrected chi connectivity index (χ3v) is 6.37. The number of rotatable bonds is 2. The lowest BCUT2D eigenvalue weighted by Crippen LogP contribution is -2.40. The minimum Gasteiger partial charge on any atom is -0.359 e. The predicted octanol–water partition coefficient (Wildman–Crippen LogP) is 2.74. The zero-order chi connectivity index (χ0) is 10.8. The lowest BCUT2D eigenvalue weighted by atomic mass is 10.0. The molecule has 2 heterocycles. The number of amidine groups is 1. The van der Waals surface area contributed by atoms with Crippen LogP contribution < -0.4 is 5.32 Å². The molecule has 2 nitrogen and oxygen atoms in total. The quantitative estimate of drug-likeness (QED) is 0.822. The fourth-order valence-electron chi connectivity index (χ4n) is 2.85. The summed E-state index contributed by atoms with van der Waals surface area (Å²) in [6, 6.07) is 0. The van der Waals surface area contributed by atoms with E-state index < -0.39 is 0 Å². The average molecular weight is 256 g/mol. The number of hydrogen-bond acceptors (Lipinski definition) is 3. The molecule has 90 valence electrons. The third kappa shape index (κ3) is 2.37. The Kier molecular flexibility index (Phi) is 3.39. The van der Waals surface area contributed by atoms with Crippen molar-refractivity contribution < 1.29 is 0 Å². The summed E-state index contributed by atoms with van der Waals surface area (Å²) in [5, 5.41) is 4.93. The average Bonchev–Trinajstić information content (AvgIpc) is 3.01. The van der Waals surface area contributed by atoms with Crippen molar-refractivity contribution in [3.63, 3.8) is 0 Å². The molecule has 1 atom stereocenters. The van der Waals surface area contributed by atoms with E-state index in [0.29, 0.717) is 5.54 Å². The van der Waals surface area contributed by atoms with Crippen LogP contribution in [0.25, 0.3) is 0 Å². The highest BCUT2D eigenvalue weighted by molar-refractivity contribution is 8.14. The number of nitrogens with one attached hydrogen (secondary N) is 1. The Morgan fingerprint density at radius 3 is 3.00 bits per heavy atom. The highest BCUT2D eigenvalue weighted by atomic mass is 32.2. The van der Waals surface area contributed by atoms with Crippen LogP contribution in [0.15, 0.2) is 4.99 Å². The molecule has 0 aromatic carbocycles. The van der Waals surface area contributed by atoms with Gasteiger partial charge in [0.25, 0.3) is 0 Å². The maximum atomic E-state index is 4.78. The Hall–Kier alpha value is 0.170. The first-order valence-electron chi connectivity index (χ1n) is 6.40. The van der Waals surface area contributed by atoms with E-state index in [1.165, 1.54) is 54.5 Å². The molecule has 3 rings (SSSR count). The van der Waals surface area contributed by atoms with Gasteiger partial charge in [0, 0.05) is 17.8 Å². The molecule has 1 aliphatic carbocycles. The Balaban J connectivity index is 1.54. The topological polar surface area (TPSA) is 24.4 Å². The minimum absolute atomic E-state index is 0.438. The summed E-state index contributed by atoms with van der Waals surface area (Å²) < 4.78 is 0. The number of nitrogens with zero attached hydrogens (tertiary/aromatic N) is 1. The van der Waals surface area contributed by atoms with E-state index in [2.05, 4.69) is 17.1 Å². The molecule has 0 aromatic heterocycles. The third-order valence-electron chi connectivity index (χ3n) is 3.94. The zero-order valence-electron chi connectivity index (χ0n) is 9.71. The van der Waals surface area contributed by atoms with Crippen LogP contribution in [0, 0.1) is 5.92 Å². The van der Waals surface area contributed by atoms with Crippen LogP contribution in [0.5, 0.6) is 0 Å². The summed E-state index contributed by atoms with van der Waals surface area (Å²) in [5.74, 6) is 4.78. The highest BCUT2D eigenvalue weighted by Gasteiger charge is 2.39. The van der Waals surface area contributed by atoms with Crippen molar-refractivity contribution >= 4 is 28.7 Å². The maximum absolute atomic E-state index is 4.78. The summed E-state index contributed by atoms with van der Waals surface area (Å²) in [6.45, 7) is 1.05. The molecule has 16 heavy (non-hydrogen) atoms. The second-order valence-electron chi connectivity index (χ2n) is 5.28. The van der Waals surface area contributed by atoms with Crippen molar-refractivity contribution in [2.24, 2.45) is 10.9 Å². The van der Waals surface area contributed by atoms with Crippen molar-refractivity contribution in [1.29, 1.82) is 0 Å². The molecule has 3 fully saturated rings. The molecule has 1 spiro atoms. The molecular formula is C12H20N2S2. The van der Waals surface area contributed by atoms with Gasteiger partial charge >= 0.3 is 0 Å². The Bertz CT molecular complexity index is 279. The second kappa shape index (κ2) is 4.81. The van der Waals surface area contributed by atoms with Gasteiger partial charge in [-0.1, -0.05) is 24.6 Å². The van der Waals surface area contributed by atoms with Gasteiger partial charge in [0.1, 0.15) is 0 Å². The van der Waals surface area contributed by atoms with Gasteiger partial charge in [-0.05, 0) is 36.7 Å². The lowest BCUT2D eigenvalue weighted by molar-refractivity contribution is 0.452. The van der Waals surface area contributed by atoms with Gasteiger partial charge in [-0.3, -0.25) is 4.99 Å². The number of thioether (sulfide) groups is 2. The van der Waals surface area contributed by atoms with E-state index in [4.69, 9.17) is 4.99 Å². The van der Waals surface area contributed by atoms with E-state index in [1.54, 1.807) is 0 Å². The van der Waals surface area contributed by atoms with E-state index in [-0.39, 0.29) is 0 Å². The highest BCUT2D eigenvalue weighted by Crippen LogP contribution is 2.37. The lowest BCUT2D eigenvalue weighted by Gasteiger charge is -2.21. The van der Waals surface area contributed by atoms with Crippen LogP contribution in [0.4, 0.5) is 0 Å². The first-order valence-corrected chi connectivity index (χ1v) is 8.54. The van der Waals surface area contributed by atoms with Crippen molar-refractivity contribution in [2.75, 3.05) is 23.8 Å². The Labute approximate surface area is 106 Å². The standard InChI is InChI=1S/C12H20N2S2/c1-2-5-12(4-1)9-16-11(14-12)13-7-10-3-6-15-8-10/h10H,1-9H2,(H,13,14). The zero-order valence-corrected chi connectivity index (χ0v) is 11.3. The molecule has 0 radical (unpaired) electrons.